The lowest BCUT2D eigenvalue weighted by molar-refractivity contribution is 0.169. The first-order chi connectivity index (χ1) is 10.3. The van der Waals surface area contributed by atoms with E-state index in [4.69, 9.17) is 5.73 Å². The molecule has 1 heterocycles. The Bertz CT molecular complexity index is 513. The van der Waals surface area contributed by atoms with Gasteiger partial charge in [0.2, 0.25) is 0 Å². The zero-order chi connectivity index (χ0) is 15.1. The second-order valence-corrected chi connectivity index (χ2v) is 5.35. The lowest BCUT2D eigenvalue weighted by Crippen LogP contribution is -2.40. The zero-order valence-corrected chi connectivity index (χ0v) is 12.9. The van der Waals surface area contributed by atoms with Gasteiger partial charge in [-0.3, -0.25) is 9.88 Å². The summed E-state index contributed by atoms with van der Waals surface area (Å²) >= 11 is 0. The molecule has 0 spiro atoms. The maximum atomic E-state index is 6.41. The average molecular weight is 283 g/mol. The van der Waals surface area contributed by atoms with Gasteiger partial charge in [0.05, 0.1) is 6.04 Å². The van der Waals surface area contributed by atoms with Gasteiger partial charge in [0.15, 0.2) is 0 Å². The minimum absolute atomic E-state index is 0.109. The molecule has 0 aliphatic heterocycles. The van der Waals surface area contributed by atoms with Crippen molar-refractivity contribution < 1.29 is 0 Å². The summed E-state index contributed by atoms with van der Waals surface area (Å²) in [6, 6.07) is 15.0. The van der Waals surface area contributed by atoms with Gasteiger partial charge in [-0.15, -0.1) is 0 Å². The predicted octanol–water partition coefficient (Wildman–Crippen LogP) is 3.38. The van der Waals surface area contributed by atoms with Gasteiger partial charge in [0.1, 0.15) is 0 Å². The topological polar surface area (TPSA) is 42.1 Å². The van der Waals surface area contributed by atoms with Gasteiger partial charge in [-0.25, -0.2) is 0 Å². The minimum atomic E-state index is 0.109. The van der Waals surface area contributed by atoms with E-state index in [2.05, 4.69) is 60.1 Å². The molecule has 0 saturated carbocycles. The zero-order valence-electron chi connectivity index (χ0n) is 12.9. The second-order valence-electron chi connectivity index (χ2n) is 5.35. The molecule has 2 unspecified atom stereocenters. The number of nitrogens with zero attached hydrogens (tertiary/aromatic N) is 2. The highest BCUT2D eigenvalue weighted by atomic mass is 15.2. The van der Waals surface area contributed by atoms with Crippen LogP contribution in [0.5, 0.6) is 0 Å². The fourth-order valence-electron chi connectivity index (χ4n) is 2.73. The molecule has 2 aromatic rings. The van der Waals surface area contributed by atoms with E-state index in [0.29, 0.717) is 0 Å². The number of pyridine rings is 1. The van der Waals surface area contributed by atoms with Crippen LogP contribution in [0.1, 0.15) is 37.4 Å². The van der Waals surface area contributed by atoms with Gasteiger partial charge in [-0.1, -0.05) is 50.2 Å². The lowest BCUT2D eigenvalue weighted by Gasteiger charge is -2.34. The largest absolute Gasteiger partial charge is 0.326 e. The highest BCUT2D eigenvalue weighted by Crippen LogP contribution is 2.26. The normalized spacial score (nSPS) is 14.1. The van der Waals surface area contributed by atoms with Gasteiger partial charge >= 0.3 is 0 Å². The summed E-state index contributed by atoms with van der Waals surface area (Å²) in [5.41, 5.74) is 8.92. The maximum Gasteiger partial charge on any atom is 0.0517 e. The van der Waals surface area contributed by atoms with E-state index in [-0.39, 0.29) is 12.1 Å². The first-order valence-corrected chi connectivity index (χ1v) is 7.69. The summed E-state index contributed by atoms with van der Waals surface area (Å²) in [4.78, 5) is 6.69. The molecule has 3 nitrogen and oxygen atoms in total. The fraction of sp³-hybridized carbons (Fsp3) is 0.389. The van der Waals surface area contributed by atoms with Gasteiger partial charge in [0, 0.05) is 25.0 Å². The average Bonchev–Trinajstić information content (AvgIpc) is 2.56. The van der Waals surface area contributed by atoms with Crippen molar-refractivity contribution in [3.8, 4) is 0 Å². The molecule has 2 N–H and O–H groups in total. The minimum Gasteiger partial charge on any atom is -0.326 e. The molecule has 0 aliphatic carbocycles. The van der Waals surface area contributed by atoms with E-state index in [0.717, 1.165) is 19.5 Å². The molecule has 1 aromatic heterocycles. The monoisotopic (exact) mass is 283 g/mol. The van der Waals surface area contributed by atoms with E-state index in [1.165, 1.54) is 11.1 Å². The van der Waals surface area contributed by atoms with Crippen molar-refractivity contribution in [3.05, 3.63) is 66.0 Å². The summed E-state index contributed by atoms with van der Waals surface area (Å²) in [5, 5.41) is 0. The van der Waals surface area contributed by atoms with E-state index in [1.54, 1.807) is 0 Å². The number of likely N-dealkylation sites (N-methyl/N-ethyl adjacent to an activating group) is 1. The van der Waals surface area contributed by atoms with Crippen LogP contribution in [0, 0.1) is 0 Å². The molecular weight excluding hydrogens is 258 g/mol. The summed E-state index contributed by atoms with van der Waals surface area (Å²) < 4.78 is 0. The fourth-order valence-corrected chi connectivity index (χ4v) is 2.73. The highest BCUT2D eigenvalue weighted by molar-refractivity contribution is 5.19. The van der Waals surface area contributed by atoms with Crippen LogP contribution in [0.25, 0.3) is 0 Å². The number of aromatic nitrogens is 1. The summed E-state index contributed by atoms with van der Waals surface area (Å²) in [6.45, 7) is 6.20. The molecule has 1 aromatic carbocycles. The third kappa shape index (κ3) is 4.13. The molecule has 2 rings (SSSR count). The van der Waals surface area contributed by atoms with Crippen LogP contribution in [0.15, 0.2) is 54.9 Å². The molecule has 112 valence electrons. The quantitative estimate of drug-likeness (QED) is 0.847. The van der Waals surface area contributed by atoms with Crippen LogP contribution in [0.4, 0.5) is 0 Å². The van der Waals surface area contributed by atoms with Crippen molar-refractivity contribution in [1.29, 1.82) is 0 Å². The molecule has 21 heavy (non-hydrogen) atoms. The number of rotatable bonds is 7. The Hall–Kier alpha value is -1.71. The van der Waals surface area contributed by atoms with Crippen molar-refractivity contribution in [2.24, 2.45) is 5.73 Å². The van der Waals surface area contributed by atoms with Crippen molar-refractivity contribution in [3.63, 3.8) is 0 Å². The van der Waals surface area contributed by atoms with Gasteiger partial charge in [0.25, 0.3) is 0 Å². The lowest BCUT2D eigenvalue weighted by atomic mass is 9.97. The summed E-state index contributed by atoms with van der Waals surface area (Å²) in [7, 11) is 0. The number of hydrogen-bond donors (Lipinski definition) is 1. The van der Waals surface area contributed by atoms with Crippen LogP contribution < -0.4 is 5.73 Å². The maximum absolute atomic E-state index is 6.41. The SMILES string of the molecule is CCC(N)C(c1cccnc1)N(CC)Cc1ccccc1. The molecule has 0 fully saturated rings. The number of nitrogens with two attached hydrogens (primary N) is 1. The molecule has 0 amide bonds. The van der Waals surface area contributed by atoms with Crippen LogP contribution in [0.3, 0.4) is 0 Å². The Morgan fingerprint density at radius 3 is 2.43 bits per heavy atom. The summed E-state index contributed by atoms with van der Waals surface area (Å²) in [6.07, 6.45) is 4.70. The van der Waals surface area contributed by atoms with Gasteiger partial charge in [-0.2, -0.15) is 0 Å². The Morgan fingerprint density at radius 1 is 1.10 bits per heavy atom. The van der Waals surface area contributed by atoms with E-state index in [1.807, 2.05) is 18.5 Å². The standard InChI is InChI=1S/C18H25N3/c1-3-17(19)18(16-11-8-12-20-13-16)21(4-2)14-15-9-6-5-7-10-15/h5-13,17-18H,3-4,14,19H2,1-2H3. The first-order valence-electron chi connectivity index (χ1n) is 7.69. The van der Waals surface area contributed by atoms with Crippen molar-refractivity contribution in [1.82, 2.24) is 9.88 Å². The smallest absolute Gasteiger partial charge is 0.0517 e. The Kier molecular flexibility index (Phi) is 5.90. The van der Waals surface area contributed by atoms with Crippen molar-refractivity contribution in [2.45, 2.75) is 38.9 Å². The van der Waals surface area contributed by atoms with Crippen molar-refractivity contribution in [2.75, 3.05) is 6.54 Å². The molecule has 0 saturated heterocycles. The first kappa shape index (κ1) is 15.7. The number of benzene rings is 1. The van der Waals surface area contributed by atoms with E-state index >= 15 is 0 Å². The summed E-state index contributed by atoms with van der Waals surface area (Å²) in [5.74, 6) is 0. The third-order valence-electron chi connectivity index (χ3n) is 3.93. The van der Waals surface area contributed by atoms with Crippen LogP contribution in [0.2, 0.25) is 0 Å². The molecule has 0 aliphatic rings. The van der Waals surface area contributed by atoms with Crippen LogP contribution >= 0.6 is 0 Å². The Labute approximate surface area is 127 Å². The second kappa shape index (κ2) is 7.91. The van der Waals surface area contributed by atoms with Crippen LogP contribution in [-0.4, -0.2) is 22.5 Å². The Balaban J connectivity index is 2.25. The number of hydrogen-bond acceptors (Lipinski definition) is 3. The molecule has 3 heteroatoms. The van der Waals surface area contributed by atoms with Crippen LogP contribution in [-0.2, 0) is 6.54 Å². The van der Waals surface area contributed by atoms with E-state index in [9.17, 15) is 0 Å². The third-order valence-corrected chi connectivity index (χ3v) is 3.93. The highest BCUT2D eigenvalue weighted by Gasteiger charge is 2.24. The molecule has 0 radical (unpaired) electrons. The van der Waals surface area contributed by atoms with Gasteiger partial charge < -0.3 is 5.73 Å². The molecule has 2 atom stereocenters. The predicted molar refractivity (Wildman–Crippen MR) is 87.8 cm³/mol. The molecule has 0 bridgehead atoms. The van der Waals surface area contributed by atoms with Crippen molar-refractivity contribution >= 4 is 0 Å². The van der Waals surface area contributed by atoms with Gasteiger partial charge in [-0.05, 0) is 30.2 Å². The molecular formula is C18H25N3. The van der Waals surface area contributed by atoms with E-state index < -0.39 is 0 Å². The Morgan fingerprint density at radius 2 is 1.86 bits per heavy atom.